The molecular weight excluding hydrogens is 310 g/mol. The summed E-state index contributed by atoms with van der Waals surface area (Å²) in [5.41, 5.74) is 6.78. The Morgan fingerprint density at radius 1 is 1.05 bits per heavy atom. The van der Waals surface area contributed by atoms with Gasteiger partial charge in [-0.2, -0.15) is 4.98 Å². The van der Waals surface area contributed by atoms with Gasteiger partial charge in [0.1, 0.15) is 17.2 Å². The molecule has 0 fully saturated rings. The van der Waals surface area contributed by atoms with Gasteiger partial charge in [0.2, 0.25) is 5.82 Å². The van der Waals surface area contributed by atoms with Crippen LogP contribution in [0.1, 0.15) is 0 Å². The number of pyridine rings is 2. The van der Waals surface area contributed by atoms with Gasteiger partial charge in [0.25, 0.3) is 5.89 Å². The van der Waals surface area contributed by atoms with E-state index in [4.69, 9.17) is 10.3 Å². The SMILES string of the molecule is Nc1cccc(-c2nc(-c3ccc(Br)cn3)no2)n1. The first-order chi connectivity index (χ1) is 9.22. The van der Waals surface area contributed by atoms with E-state index in [0.29, 0.717) is 28.9 Å². The van der Waals surface area contributed by atoms with Crippen molar-refractivity contribution in [1.82, 2.24) is 20.1 Å². The Balaban J connectivity index is 1.97. The van der Waals surface area contributed by atoms with E-state index in [1.165, 1.54) is 0 Å². The molecule has 0 bridgehead atoms. The number of rotatable bonds is 2. The summed E-state index contributed by atoms with van der Waals surface area (Å²) in [5, 5.41) is 3.88. The molecule has 6 nitrogen and oxygen atoms in total. The monoisotopic (exact) mass is 317 g/mol. The van der Waals surface area contributed by atoms with Crippen LogP contribution in [-0.4, -0.2) is 20.1 Å². The number of hydrogen-bond acceptors (Lipinski definition) is 6. The molecule has 7 heteroatoms. The zero-order chi connectivity index (χ0) is 13.2. The van der Waals surface area contributed by atoms with E-state index in [-0.39, 0.29) is 0 Å². The van der Waals surface area contributed by atoms with E-state index in [1.54, 1.807) is 30.5 Å². The minimum absolute atomic E-state index is 0.312. The normalized spacial score (nSPS) is 10.6. The third-order valence-electron chi connectivity index (χ3n) is 2.37. The molecule has 0 aliphatic rings. The number of nitrogens with two attached hydrogens (primary N) is 1. The molecule has 3 rings (SSSR count). The molecule has 0 spiro atoms. The molecular formula is C12H8BrN5O. The second-order valence-electron chi connectivity index (χ2n) is 3.73. The maximum absolute atomic E-state index is 5.61. The fourth-order valence-electron chi connectivity index (χ4n) is 1.51. The highest BCUT2D eigenvalue weighted by Gasteiger charge is 2.12. The summed E-state index contributed by atoms with van der Waals surface area (Å²) in [6.45, 7) is 0. The van der Waals surface area contributed by atoms with E-state index < -0.39 is 0 Å². The van der Waals surface area contributed by atoms with Crippen molar-refractivity contribution in [3.05, 3.63) is 41.0 Å². The molecule has 0 aliphatic heterocycles. The lowest BCUT2D eigenvalue weighted by Gasteiger charge is -1.94. The summed E-state index contributed by atoms with van der Waals surface area (Å²) in [6, 6.07) is 8.88. The van der Waals surface area contributed by atoms with Crippen LogP contribution in [0.25, 0.3) is 23.1 Å². The molecule has 2 N–H and O–H groups in total. The average Bonchev–Trinajstić information content (AvgIpc) is 2.89. The van der Waals surface area contributed by atoms with Crippen molar-refractivity contribution in [3.8, 4) is 23.1 Å². The van der Waals surface area contributed by atoms with Crippen LogP contribution in [0.2, 0.25) is 0 Å². The smallest absolute Gasteiger partial charge is 0.276 e. The Bertz CT molecular complexity index is 710. The molecule has 3 aromatic rings. The molecule has 3 aromatic heterocycles. The Morgan fingerprint density at radius 3 is 2.68 bits per heavy atom. The molecule has 0 unspecified atom stereocenters. The van der Waals surface area contributed by atoms with Gasteiger partial charge in [-0.15, -0.1) is 0 Å². The zero-order valence-electron chi connectivity index (χ0n) is 9.62. The van der Waals surface area contributed by atoms with Crippen LogP contribution in [-0.2, 0) is 0 Å². The molecule has 0 atom stereocenters. The van der Waals surface area contributed by atoms with Crippen LogP contribution in [0, 0.1) is 0 Å². The van der Waals surface area contributed by atoms with Crippen molar-refractivity contribution in [2.45, 2.75) is 0 Å². The van der Waals surface area contributed by atoms with Crippen molar-refractivity contribution < 1.29 is 4.52 Å². The minimum atomic E-state index is 0.312. The Kier molecular flexibility index (Phi) is 2.96. The lowest BCUT2D eigenvalue weighted by molar-refractivity contribution is 0.431. The van der Waals surface area contributed by atoms with E-state index in [1.807, 2.05) is 6.07 Å². The van der Waals surface area contributed by atoms with Crippen molar-refractivity contribution in [2.24, 2.45) is 0 Å². The number of anilines is 1. The number of nitrogen functional groups attached to an aromatic ring is 1. The third kappa shape index (κ3) is 2.45. The van der Waals surface area contributed by atoms with E-state index in [2.05, 4.69) is 36.0 Å². The third-order valence-corrected chi connectivity index (χ3v) is 2.84. The molecule has 0 saturated heterocycles. The Morgan fingerprint density at radius 2 is 1.95 bits per heavy atom. The summed E-state index contributed by atoms with van der Waals surface area (Å²) in [6.07, 6.45) is 1.67. The predicted molar refractivity (Wildman–Crippen MR) is 72.9 cm³/mol. The lowest BCUT2D eigenvalue weighted by atomic mass is 10.3. The topological polar surface area (TPSA) is 90.7 Å². The van der Waals surface area contributed by atoms with E-state index >= 15 is 0 Å². The second-order valence-corrected chi connectivity index (χ2v) is 4.65. The van der Waals surface area contributed by atoms with Gasteiger partial charge in [-0.3, -0.25) is 4.98 Å². The van der Waals surface area contributed by atoms with Gasteiger partial charge in [0, 0.05) is 10.7 Å². The molecule has 0 amide bonds. The van der Waals surface area contributed by atoms with Crippen molar-refractivity contribution >= 4 is 21.7 Å². The van der Waals surface area contributed by atoms with Gasteiger partial charge in [-0.1, -0.05) is 11.2 Å². The number of nitrogens with zero attached hydrogens (tertiary/aromatic N) is 4. The highest BCUT2D eigenvalue weighted by atomic mass is 79.9. The van der Waals surface area contributed by atoms with Crippen LogP contribution in [0.4, 0.5) is 5.82 Å². The molecule has 0 saturated carbocycles. The van der Waals surface area contributed by atoms with Crippen LogP contribution in [0.5, 0.6) is 0 Å². The predicted octanol–water partition coefficient (Wildman–Crippen LogP) is 2.54. The Hall–Kier alpha value is -2.28. The fraction of sp³-hybridized carbons (Fsp3) is 0. The number of hydrogen-bond donors (Lipinski definition) is 1. The molecule has 94 valence electrons. The highest BCUT2D eigenvalue weighted by molar-refractivity contribution is 9.10. The minimum Gasteiger partial charge on any atom is -0.384 e. The maximum Gasteiger partial charge on any atom is 0.276 e. The second kappa shape index (κ2) is 4.77. The maximum atomic E-state index is 5.61. The fourth-order valence-corrected chi connectivity index (χ4v) is 1.74. The molecule has 0 aliphatic carbocycles. The zero-order valence-corrected chi connectivity index (χ0v) is 11.2. The van der Waals surface area contributed by atoms with Gasteiger partial charge in [-0.05, 0) is 40.2 Å². The van der Waals surface area contributed by atoms with Crippen LogP contribution >= 0.6 is 15.9 Å². The van der Waals surface area contributed by atoms with Crippen LogP contribution < -0.4 is 5.73 Å². The van der Waals surface area contributed by atoms with Crippen molar-refractivity contribution in [3.63, 3.8) is 0 Å². The molecule has 0 radical (unpaired) electrons. The summed E-state index contributed by atoms with van der Waals surface area (Å²) < 4.78 is 6.05. The largest absolute Gasteiger partial charge is 0.384 e. The average molecular weight is 318 g/mol. The molecule has 3 heterocycles. The molecule has 0 aromatic carbocycles. The van der Waals surface area contributed by atoms with Gasteiger partial charge in [0.15, 0.2) is 0 Å². The highest BCUT2D eigenvalue weighted by Crippen LogP contribution is 2.20. The van der Waals surface area contributed by atoms with Gasteiger partial charge in [0.05, 0.1) is 0 Å². The van der Waals surface area contributed by atoms with Crippen molar-refractivity contribution in [1.29, 1.82) is 0 Å². The molecule has 19 heavy (non-hydrogen) atoms. The first kappa shape index (κ1) is 11.8. The first-order valence-corrected chi connectivity index (χ1v) is 6.20. The van der Waals surface area contributed by atoms with E-state index in [0.717, 1.165) is 4.47 Å². The summed E-state index contributed by atoms with van der Waals surface area (Å²) >= 11 is 3.32. The lowest BCUT2D eigenvalue weighted by Crippen LogP contribution is -1.91. The van der Waals surface area contributed by atoms with E-state index in [9.17, 15) is 0 Å². The standard InChI is InChI=1S/C12H8BrN5O/c13-7-4-5-8(15-6-7)11-17-12(19-18-11)9-2-1-3-10(14)16-9/h1-6H,(H2,14,16). The summed E-state index contributed by atoms with van der Waals surface area (Å²) in [4.78, 5) is 12.6. The Labute approximate surface area is 116 Å². The van der Waals surface area contributed by atoms with Gasteiger partial charge >= 0.3 is 0 Å². The quantitative estimate of drug-likeness (QED) is 0.781. The van der Waals surface area contributed by atoms with Crippen LogP contribution in [0.3, 0.4) is 0 Å². The summed E-state index contributed by atoms with van der Waals surface area (Å²) in [7, 11) is 0. The van der Waals surface area contributed by atoms with Gasteiger partial charge < -0.3 is 10.3 Å². The van der Waals surface area contributed by atoms with Crippen molar-refractivity contribution in [2.75, 3.05) is 5.73 Å². The van der Waals surface area contributed by atoms with Gasteiger partial charge in [-0.25, -0.2) is 4.98 Å². The first-order valence-electron chi connectivity index (χ1n) is 5.41. The number of aromatic nitrogens is 4. The van der Waals surface area contributed by atoms with Crippen LogP contribution in [0.15, 0.2) is 45.5 Å². The summed E-state index contributed by atoms with van der Waals surface area (Å²) in [5.74, 6) is 1.12. The number of halogens is 1.